The Balaban J connectivity index is 2.33. The van der Waals surface area contributed by atoms with Gasteiger partial charge in [-0.2, -0.15) is 0 Å². The van der Waals surface area contributed by atoms with Gasteiger partial charge in [0.25, 0.3) is 5.22 Å². The van der Waals surface area contributed by atoms with Gasteiger partial charge in [-0.1, -0.05) is 17.8 Å². The highest BCUT2D eigenvalue weighted by Gasteiger charge is 2.10. The third kappa shape index (κ3) is 2.61. The van der Waals surface area contributed by atoms with E-state index in [4.69, 9.17) is 4.42 Å². The highest BCUT2D eigenvalue weighted by Crippen LogP contribution is 2.24. The van der Waals surface area contributed by atoms with E-state index in [0.717, 1.165) is 16.7 Å². The summed E-state index contributed by atoms with van der Waals surface area (Å²) in [5, 5.41) is 3.50. The van der Waals surface area contributed by atoms with E-state index in [1.165, 1.54) is 18.7 Å². The van der Waals surface area contributed by atoms with Crippen molar-refractivity contribution in [1.82, 2.24) is 10.3 Å². The van der Waals surface area contributed by atoms with Crippen LogP contribution in [0.1, 0.15) is 25.5 Å². The first kappa shape index (κ1) is 12.0. The first-order valence-corrected chi connectivity index (χ1v) is 6.54. The fourth-order valence-corrected chi connectivity index (χ4v) is 2.03. The van der Waals surface area contributed by atoms with E-state index >= 15 is 0 Å². The molecule has 5 heteroatoms. The SMILES string of the molecule is CSc1nc2ccc([C@@H](C)NC(C)=O)cc2o1. The van der Waals surface area contributed by atoms with Gasteiger partial charge in [-0.25, -0.2) is 4.98 Å². The van der Waals surface area contributed by atoms with Crippen LogP contribution in [0.5, 0.6) is 0 Å². The quantitative estimate of drug-likeness (QED) is 0.851. The van der Waals surface area contributed by atoms with Gasteiger partial charge in [-0.05, 0) is 30.9 Å². The number of thioether (sulfide) groups is 1. The molecule has 1 amide bonds. The number of fused-ring (bicyclic) bond motifs is 1. The summed E-state index contributed by atoms with van der Waals surface area (Å²) in [5.74, 6) is -0.0417. The Bertz CT molecular complexity index is 550. The fourth-order valence-electron chi connectivity index (χ4n) is 1.66. The number of nitrogens with one attached hydrogen (secondary N) is 1. The number of oxazole rings is 1. The summed E-state index contributed by atoms with van der Waals surface area (Å²) < 4.78 is 5.55. The summed E-state index contributed by atoms with van der Waals surface area (Å²) in [6, 6.07) is 5.75. The van der Waals surface area contributed by atoms with Crippen LogP contribution in [0.3, 0.4) is 0 Å². The van der Waals surface area contributed by atoms with Crippen LogP contribution in [0.4, 0.5) is 0 Å². The van der Waals surface area contributed by atoms with Crippen LogP contribution >= 0.6 is 11.8 Å². The van der Waals surface area contributed by atoms with Crippen molar-refractivity contribution in [3.05, 3.63) is 23.8 Å². The van der Waals surface area contributed by atoms with Crippen molar-refractivity contribution in [1.29, 1.82) is 0 Å². The number of hydrogen-bond acceptors (Lipinski definition) is 4. The average Bonchev–Trinajstić information content (AvgIpc) is 2.69. The van der Waals surface area contributed by atoms with E-state index in [1.54, 1.807) is 0 Å². The van der Waals surface area contributed by atoms with Gasteiger partial charge in [0.15, 0.2) is 5.58 Å². The molecule has 0 fully saturated rings. The van der Waals surface area contributed by atoms with Gasteiger partial charge in [-0.15, -0.1) is 0 Å². The first-order chi connectivity index (χ1) is 8.10. The summed E-state index contributed by atoms with van der Waals surface area (Å²) in [7, 11) is 0. The summed E-state index contributed by atoms with van der Waals surface area (Å²) in [6.45, 7) is 3.45. The van der Waals surface area contributed by atoms with Crippen LogP contribution in [0.25, 0.3) is 11.1 Å². The molecule has 0 spiro atoms. The van der Waals surface area contributed by atoms with Crippen LogP contribution < -0.4 is 5.32 Å². The van der Waals surface area contributed by atoms with E-state index in [2.05, 4.69) is 10.3 Å². The van der Waals surface area contributed by atoms with Crippen molar-refractivity contribution >= 4 is 28.8 Å². The summed E-state index contributed by atoms with van der Waals surface area (Å²) in [6.07, 6.45) is 1.92. The molecule has 1 N–H and O–H groups in total. The second kappa shape index (κ2) is 4.79. The molecule has 17 heavy (non-hydrogen) atoms. The average molecular weight is 250 g/mol. The van der Waals surface area contributed by atoms with Crippen molar-refractivity contribution < 1.29 is 9.21 Å². The summed E-state index contributed by atoms with van der Waals surface area (Å²) >= 11 is 1.47. The van der Waals surface area contributed by atoms with Crippen LogP contribution in [0.15, 0.2) is 27.8 Å². The van der Waals surface area contributed by atoms with Gasteiger partial charge >= 0.3 is 0 Å². The maximum absolute atomic E-state index is 11.0. The number of nitrogens with zero attached hydrogens (tertiary/aromatic N) is 1. The zero-order valence-electron chi connectivity index (χ0n) is 9.98. The molecule has 0 aliphatic carbocycles. The monoisotopic (exact) mass is 250 g/mol. The zero-order chi connectivity index (χ0) is 12.4. The van der Waals surface area contributed by atoms with Gasteiger partial charge < -0.3 is 9.73 Å². The van der Waals surface area contributed by atoms with Crippen molar-refractivity contribution in [3.8, 4) is 0 Å². The molecule has 0 radical (unpaired) electrons. The van der Waals surface area contributed by atoms with E-state index in [9.17, 15) is 4.79 Å². The molecule has 0 saturated heterocycles. The molecule has 90 valence electrons. The molecule has 2 aromatic rings. The smallest absolute Gasteiger partial charge is 0.256 e. The number of carbonyl (C=O) groups is 1. The maximum atomic E-state index is 11.0. The lowest BCUT2D eigenvalue weighted by atomic mass is 10.1. The standard InChI is InChI=1S/C12H14N2O2S/c1-7(13-8(2)15)9-4-5-10-11(6-9)16-12(14-10)17-3/h4-7H,1-3H3,(H,13,15)/t7-/m1/s1. The molecule has 4 nitrogen and oxygen atoms in total. The Morgan fingerprint density at radius 1 is 1.53 bits per heavy atom. The van der Waals surface area contributed by atoms with Gasteiger partial charge in [0.2, 0.25) is 5.91 Å². The molecule has 1 aromatic carbocycles. The van der Waals surface area contributed by atoms with Gasteiger partial charge in [0, 0.05) is 6.92 Å². The molecule has 0 aliphatic heterocycles. The predicted molar refractivity (Wildman–Crippen MR) is 68.0 cm³/mol. The topological polar surface area (TPSA) is 55.1 Å². The van der Waals surface area contributed by atoms with Crippen LogP contribution in [0, 0.1) is 0 Å². The zero-order valence-corrected chi connectivity index (χ0v) is 10.8. The maximum Gasteiger partial charge on any atom is 0.256 e. The third-order valence-electron chi connectivity index (χ3n) is 2.49. The minimum Gasteiger partial charge on any atom is -0.431 e. The molecular formula is C12H14N2O2S. The Morgan fingerprint density at radius 2 is 2.29 bits per heavy atom. The van der Waals surface area contributed by atoms with Crippen molar-refractivity contribution in [3.63, 3.8) is 0 Å². The second-order valence-corrected chi connectivity index (χ2v) is 4.59. The molecule has 2 rings (SSSR count). The number of aromatic nitrogens is 1. The fraction of sp³-hybridized carbons (Fsp3) is 0.333. The minimum absolute atomic E-state index is 0.0280. The molecule has 1 aromatic heterocycles. The largest absolute Gasteiger partial charge is 0.431 e. The van der Waals surface area contributed by atoms with E-state index in [-0.39, 0.29) is 11.9 Å². The van der Waals surface area contributed by atoms with Gasteiger partial charge in [-0.3, -0.25) is 4.79 Å². The summed E-state index contributed by atoms with van der Waals surface area (Å²) in [4.78, 5) is 15.3. The summed E-state index contributed by atoms with van der Waals surface area (Å²) in [5.41, 5.74) is 2.61. The van der Waals surface area contributed by atoms with E-state index in [0.29, 0.717) is 5.22 Å². The Labute approximate surface area is 104 Å². The highest BCUT2D eigenvalue weighted by molar-refractivity contribution is 7.98. The first-order valence-electron chi connectivity index (χ1n) is 5.31. The molecule has 0 unspecified atom stereocenters. The van der Waals surface area contributed by atoms with Crippen LogP contribution in [0.2, 0.25) is 0 Å². The van der Waals surface area contributed by atoms with E-state index < -0.39 is 0 Å². The molecular weight excluding hydrogens is 236 g/mol. The van der Waals surface area contributed by atoms with Crippen molar-refractivity contribution in [2.24, 2.45) is 0 Å². The van der Waals surface area contributed by atoms with Crippen molar-refractivity contribution in [2.45, 2.75) is 25.1 Å². The highest BCUT2D eigenvalue weighted by atomic mass is 32.2. The van der Waals surface area contributed by atoms with Crippen LogP contribution in [-0.2, 0) is 4.79 Å². The lowest BCUT2D eigenvalue weighted by Crippen LogP contribution is -2.23. The Hall–Kier alpha value is -1.49. The normalized spacial score (nSPS) is 12.6. The van der Waals surface area contributed by atoms with E-state index in [1.807, 2.05) is 31.4 Å². The van der Waals surface area contributed by atoms with Crippen LogP contribution in [-0.4, -0.2) is 17.1 Å². The lowest BCUT2D eigenvalue weighted by Gasteiger charge is -2.12. The van der Waals surface area contributed by atoms with Gasteiger partial charge in [0.1, 0.15) is 5.52 Å². The third-order valence-corrected chi connectivity index (χ3v) is 3.01. The number of hydrogen-bond donors (Lipinski definition) is 1. The molecule has 0 saturated carbocycles. The lowest BCUT2D eigenvalue weighted by molar-refractivity contribution is -0.119. The molecule has 0 aliphatic rings. The second-order valence-electron chi connectivity index (χ2n) is 3.83. The molecule has 1 atom stereocenters. The number of benzene rings is 1. The Morgan fingerprint density at radius 3 is 2.94 bits per heavy atom. The molecule has 0 bridgehead atoms. The van der Waals surface area contributed by atoms with Crippen molar-refractivity contribution in [2.75, 3.05) is 6.26 Å². The predicted octanol–water partition coefficient (Wildman–Crippen LogP) is 2.75. The Kier molecular flexibility index (Phi) is 3.38. The van der Waals surface area contributed by atoms with Gasteiger partial charge in [0.05, 0.1) is 6.04 Å². The minimum atomic E-state index is -0.0417. The number of amides is 1. The number of rotatable bonds is 3. The number of carbonyl (C=O) groups excluding carboxylic acids is 1. The molecule has 1 heterocycles.